The van der Waals surface area contributed by atoms with Gasteiger partial charge in [0.15, 0.2) is 0 Å². The highest BCUT2D eigenvalue weighted by atomic mass is 15.1. The standard InChI is InChI=1S/C14H28N2/c1-12-3-2-4-13(9-12)5-7-16-8-6-14(10-15)11-16/h12-14H,2-11,15H2,1H3. The van der Waals surface area contributed by atoms with Gasteiger partial charge in [0, 0.05) is 6.54 Å². The van der Waals surface area contributed by atoms with E-state index >= 15 is 0 Å². The number of hydrogen-bond donors (Lipinski definition) is 1. The summed E-state index contributed by atoms with van der Waals surface area (Å²) in [4.78, 5) is 2.64. The first-order valence-corrected chi connectivity index (χ1v) is 7.20. The summed E-state index contributed by atoms with van der Waals surface area (Å²) < 4.78 is 0. The smallest absolute Gasteiger partial charge is 0.00222 e. The van der Waals surface area contributed by atoms with Crippen molar-refractivity contribution in [2.75, 3.05) is 26.2 Å². The Bertz CT molecular complexity index is 205. The van der Waals surface area contributed by atoms with E-state index in [9.17, 15) is 0 Å². The molecule has 16 heavy (non-hydrogen) atoms. The fourth-order valence-corrected chi connectivity index (χ4v) is 3.50. The fourth-order valence-electron chi connectivity index (χ4n) is 3.50. The second kappa shape index (κ2) is 6.02. The highest BCUT2D eigenvalue weighted by molar-refractivity contribution is 4.78. The van der Waals surface area contributed by atoms with Gasteiger partial charge in [0.05, 0.1) is 0 Å². The van der Waals surface area contributed by atoms with Crippen LogP contribution in [0.2, 0.25) is 0 Å². The molecule has 2 fully saturated rings. The number of rotatable bonds is 4. The second-order valence-corrected chi connectivity index (χ2v) is 6.12. The molecule has 2 aliphatic rings. The first-order valence-electron chi connectivity index (χ1n) is 7.20. The molecule has 0 aromatic rings. The summed E-state index contributed by atoms with van der Waals surface area (Å²) >= 11 is 0. The minimum atomic E-state index is 0.783. The van der Waals surface area contributed by atoms with Crippen molar-refractivity contribution >= 4 is 0 Å². The molecule has 2 nitrogen and oxygen atoms in total. The summed E-state index contributed by atoms with van der Waals surface area (Å²) in [6.45, 7) is 7.19. The van der Waals surface area contributed by atoms with Crippen molar-refractivity contribution in [1.29, 1.82) is 0 Å². The van der Waals surface area contributed by atoms with Crippen LogP contribution in [0.5, 0.6) is 0 Å². The van der Waals surface area contributed by atoms with Gasteiger partial charge in [-0.15, -0.1) is 0 Å². The predicted molar refractivity (Wildman–Crippen MR) is 69.3 cm³/mol. The van der Waals surface area contributed by atoms with Crippen molar-refractivity contribution in [2.45, 2.75) is 45.4 Å². The van der Waals surface area contributed by atoms with E-state index < -0.39 is 0 Å². The van der Waals surface area contributed by atoms with Crippen LogP contribution in [0.15, 0.2) is 0 Å². The van der Waals surface area contributed by atoms with Crippen molar-refractivity contribution in [3.8, 4) is 0 Å². The predicted octanol–water partition coefficient (Wildman–Crippen LogP) is 2.48. The maximum absolute atomic E-state index is 5.73. The number of likely N-dealkylation sites (tertiary alicyclic amines) is 1. The topological polar surface area (TPSA) is 29.3 Å². The third kappa shape index (κ3) is 3.46. The summed E-state index contributed by atoms with van der Waals surface area (Å²) in [5.74, 6) is 2.78. The molecule has 1 saturated heterocycles. The van der Waals surface area contributed by atoms with Crippen LogP contribution in [0.3, 0.4) is 0 Å². The van der Waals surface area contributed by atoms with Crippen LogP contribution in [-0.4, -0.2) is 31.1 Å². The van der Waals surface area contributed by atoms with Crippen molar-refractivity contribution in [1.82, 2.24) is 4.90 Å². The maximum atomic E-state index is 5.73. The fraction of sp³-hybridized carbons (Fsp3) is 1.00. The quantitative estimate of drug-likeness (QED) is 0.795. The van der Waals surface area contributed by atoms with Crippen LogP contribution in [0.4, 0.5) is 0 Å². The van der Waals surface area contributed by atoms with Gasteiger partial charge >= 0.3 is 0 Å². The monoisotopic (exact) mass is 224 g/mol. The molecule has 0 radical (unpaired) electrons. The normalized spacial score (nSPS) is 36.8. The Morgan fingerprint density at radius 3 is 2.75 bits per heavy atom. The Kier molecular flexibility index (Phi) is 4.66. The van der Waals surface area contributed by atoms with Crippen LogP contribution >= 0.6 is 0 Å². The molecular formula is C14H28N2. The minimum absolute atomic E-state index is 0.783. The first kappa shape index (κ1) is 12.4. The van der Waals surface area contributed by atoms with Gasteiger partial charge in [-0.25, -0.2) is 0 Å². The summed E-state index contributed by atoms with van der Waals surface area (Å²) in [5.41, 5.74) is 5.73. The van der Waals surface area contributed by atoms with Gasteiger partial charge in [-0.05, 0) is 56.7 Å². The number of nitrogens with two attached hydrogens (primary N) is 1. The maximum Gasteiger partial charge on any atom is 0.00222 e. The molecule has 2 N–H and O–H groups in total. The van der Waals surface area contributed by atoms with Gasteiger partial charge in [-0.1, -0.05) is 26.2 Å². The Labute approximate surface area is 101 Å². The second-order valence-electron chi connectivity index (χ2n) is 6.12. The molecule has 0 aromatic heterocycles. The lowest BCUT2D eigenvalue weighted by molar-refractivity contribution is 0.229. The lowest BCUT2D eigenvalue weighted by atomic mass is 9.81. The Hall–Kier alpha value is -0.0800. The highest BCUT2D eigenvalue weighted by Crippen LogP contribution is 2.31. The third-order valence-corrected chi connectivity index (χ3v) is 4.60. The van der Waals surface area contributed by atoms with E-state index in [1.165, 1.54) is 58.2 Å². The molecular weight excluding hydrogens is 196 g/mol. The van der Waals surface area contributed by atoms with Gasteiger partial charge in [0.2, 0.25) is 0 Å². The number of hydrogen-bond acceptors (Lipinski definition) is 2. The molecule has 94 valence electrons. The Morgan fingerprint density at radius 1 is 1.19 bits per heavy atom. The van der Waals surface area contributed by atoms with Crippen molar-refractivity contribution in [3.63, 3.8) is 0 Å². The molecule has 0 aromatic carbocycles. The van der Waals surface area contributed by atoms with E-state index in [0.29, 0.717) is 0 Å². The molecule has 3 unspecified atom stereocenters. The average Bonchev–Trinajstić information content (AvgIpc) is 2.74. The van der Waals surface area contributed by atoms with E-state index in [0.717, 1.165) is 24.3 Å². The van der Waals surface area contributed by atoms with Crippen molar-refractivity contribution < 1.29 is 0 Å². The summed E-state index contributed by atoms with van der Waals surface area (Å²) in [6.07, 6.45) is 8.67. The van der Waals surface area contributed by atoms with Gasteiger partial charge in [-0.2, -0.15) is 0 Å². The minimum Gasteiger partial charge on any atom is -0.330 e. The molecule has 0 amide bonds. The van der Waals surface area contributed by atoms with Gasteiger partial charge in [-0.3, -0.25) is 0 Å². The van der Waals surface area contributed by atoms with Crippen molar-refractivity contribution in [2.24, 2.45) is 23.5 Å². The molecule has 2 heteroatoms. The van der Waals surface area contributed by atoms with Crippen LogP contribution in [0.1, 0.15) is 45.4 Å². The molecule has 1 aliphatic heterocycles. The van der Waals surface area contributed by atoms with Crippen LogP contribution in [0.25, 0.3) is 0 Å². The van der Waals surface area contributed by atoms with E-state index in [2.05, 4.69) is 11.8 Å². The van der Waals surface area contributed by atoms with Crippen LogP contribution in [0, 0.1) is 17.8 Å². The van der Waals surface area contributed by atoms with Gasteiger partial charge in [0.1, 0.15) is 0 Å². The molecule has 3 atom stereocenters. The van der Waals surface area contributed by atoms with Crippen LogP contribution in [-0.2, 0) is 0 Å². The Balaban J connectivity index is 1.64. The average molecular weight is 224 g/mol. The highest BCUT2D eigenvalue weighted by Gasteiger charge is 2.23. The summed E-state index contributed by atoms with van der Waals surface area (Å²) in [7, 11) is 0. The number of nitrogens with zero attached hydrogens (tertiary/aromatic N) is 1. The Morgan fingerprint density at radius 2 is 2.06 bits per heavy atom. The van der Waals surface area contributed by atoms with E-state index in [4.69, 9.17) is 5.73 Å². The zero-order valence-electron chi connectivity index (χ0n) is 10.8. The lowest BCUT2D eigenvalue weighted by Gasteiger charge is -2.28. The van der Waals surface area contributed by atoms with Gasteiger partial charge < -0.3 is 10.6 Å². The zero-order chi connectivity index (χ0) is 11.4. The summed E-state index contributed by atoms with van der Waals surface area (Å²) in [5, 5.41) is 0. The van der Waals surface area contributed by atoms with Crippen LogP contribution < -0.4 is 5.73 Å². The van der Waals surface area contributed by atoms with E-state index in [1.54, 1.807) is 0 Å². The van der Waals surface area contributed by atoms with E-state index in [1.807, 2.05) is 0 Å². The third-order valence-electron chi connectivity index (χ3n) is 4.60. The van der Waals surface area contributed by atoms with Crippen molar-refractivity contribution in [3.05, 3.63) is 0 Å². The first-order chi connectivity index (χ1) is 7.78. The molecule has 1 heterocycles. The summed E-state index contributed by atoms with van der Waals surface area (Å²) in [6, 6.07) is 0. The molecule has 2 rings (SSSR count). The molecule has 1 aliphatic carbocycles. The molecule has 0 spiro atoms. The SMILES string of the molecule is CC1CCCC(CCN2CCC(CN)C2)C1. The van der Waals surface area contributed by atoms with Gasteiger partial charge in [0.25, 0.3) is 0 Å². The zero-order valence-corrected chi connectivity index (χ0v) is 10.8. The largest absolute Gasteiger partial charge is 0.330 e. The molecule has 0 bridgehead atoms. The molecule has 1 saturated carbocycles. The lowest BCUT2D eigenvalue weighted by Crippen LogP contribution is -2.26. The van der Waals surface area contributed by atoms with E-state index in [-0.39, 0.29) is 0 Å².